The number of rotatable bonds is 8. The predicted molar refractivity (Wildman–Crippen MR) is 114 cm³/mol. The van der Waals surface area contributed by atoms with Crippen LogP contribution in [-0.2, 0) is 14.4 Å². The second-order valence-electron chi connectivity index (χ2n) is 7.80. The van der Waals surface area contributed by atoms with Crippen LogP contribution in [0.4, 0.5) is 19.0 Å². The van der Waals surface area contributed by atoms with Gasteiger partial charge in [0, 0.05) is 24.6 Å². The van der Waals surface area contributed by atoms with Crippen molar-refractivity contribution in [2.75, 3.05) is 18.1 Å². The lowest BCUT2D eigenvalue weighted by Crippen LogP contribution is -2.42. The van der Waals surface area contributed by atoms with Crippen LogP contribution in [0.15, 0.2) is 42.6 Å². The minimum Gasteiger partial charge on any atom is -0.395 e. The number of hydrogen-bond acceptors (Lipinski definition) is 5. The lowest BCUT2D eigenvalue weighted by Gasteiger charge is -2.25. The first kappa shape index (κ1) is 24.4. The lowest BCUT2D eigenvalue weighted by molar-refractivity contribution is -0.144. The normalized spacial score (nSPS) is 16.5. The van der Waals surface area contributed by atoms with Crippen molar-refractivity contribution in [2.45, 2.75) is 44.3 Å². The number of aliphatic hydroxyl groups is 1. The molecule has 1 aliphatic rings. The fourth-order valence-electron chi connectivity index (χ4n) is 3.83. The summed E-state index contributed by atoms with van der Waals surface area (Å²) in [4.78, 5) is 43.8. The van der Waals surface area contributed by atoms with Crippen molar-refractivity contribution in [3.05, 3.63) is 48.2 Å². The molecule has 0 unspecified atom stereocenters. The number of carbonyl (C=O) groups excluding carboxylic acids is 3. The van der Waals surface area contributed by atoms with Gasteiger partial charge in [0.1, 0.15) is 5.82 Å². The number of ketones is 1. The van der Waals surface area contributed by atoms with E-state index in [2.05, 4.69) is 10.3 Å². The molecule has 2 aromatic rings. The average Bonchev–Trinajstić information content (AvgIpc) is 2.87. The fraction of sp³-hybridized carbons (Fsp3) is 0.391. The molecule has 3 rings (SSSR count). The van der Waals surface area contributed by atoms with Crippen LogP contribution >= 0.6 is 0 Å². The molecule has 1 aromatic heterocycles. The van der Waals surface area contributed by atoms with Crippen molar-refractivity contribution in [1.29, 1.82) is 0 Å². The summed E-state index contributed by atoms with van der Waals surface area (Å²) in [5, 5.41) is 11.8. The predicted octanol–water partition coefficient (Wildman–Crippen LogP) is 2.98. The van der Waals surface area contributed by atoms with Gasteiger partial charge in [-0.2, -0.15) is 13.2 Å². The Labute approximate surface area is 188 Å². The molecule has 0 aliphatic carbocycles. The van der Waals surface area contributed by atoms with Crippen LogP contribution in [0.5, 0.6) is 0 Å². The van der Waals surface area contributed by atoms with E-state index in [0.717, 1.165) is 0 Å². The average molecular weight is 463 g/mol. The first-order valence-corrected chi connectivity index (χ1v) is 10.5. The molecule has 1 aliphatic heterocycles. The highest BCUT2D eigenvalue weighted by Crippen LogP contribution is 2.41. The number of aliphatic hydroxyl groups excluding tert-OH is 1. The van der Waals surface area contributed by atoms with E-state index in [-0.39, 0.29) is 19.6 Å². The van der Waals surface area contributed by atoms with Gasteiger partial charge in [-0.15, -0.1) is 0 Å². The second-order valence-corrected chi connectivity index (χ2v) is 7.80. The van der Waals surface area contributed by atoms with Crippen LogP contribution in [0.1, 0.15) is 37.7 Å². The van der Waals surface area contributed by atoms with E-state index in [1.165, 1.54) is 18.0 Å². The Hall–Kier alpha value is -3.27. The molecule has 0 radical (unpaired) electrons. The molecule has 2 amide bonds. The Morgan fingerprint density at radius 1 is 1.18 bits per heavy atom. The summed E-state index contributed by atoms with van der Waals surface area (Å²) in [7, 11) is 0. The maximum absolute atomic E-state index is 13.5. The molecule has 1 aromatic carbocycles. The quantitative estimate of drug-likeness (QED) is 0.627. The molecule has 2 heterocycles. The van der Waals surface area contributed by atoms with E-state index in [4.69, 9.17) is 0 Å². The molecule has 0 spiro atoms. The van der Waals surface area contributed by atoms with Gasteiger partial charge in [0.2, 0.25) is 11.8 Å². The van der Waals surface area contributed by atoms with E-state index in [1.807, 2.05) is 6.07 Å². The van der Waals surface area contributed by atoms with Crippen molar-refractivity contribution in [2.24, 2.45) is 0 Å². The molecule has 0 bridgehead atoms. The number of amides is 2. The summed E-state index contributed by atoms with van der Waals surface area (Å²) in [6.45, 7) is 1.04. The molecule has 0 saturated heterocycles. The minimum absolute atomic E-state index is 0.0226. The fourth-order valence-corrected chi connectivity index (χ4v) is 3.83. The zero-order chi connectivity index (χ0) is 24.2. The highest BCUT2D eigenvalue weighted by molar-refractivity contribution is 6.06. The van der Waals surface area contributed by atoms with Gasteiger partial charge in [-0.05, 0) is 30.2 Å². The van der Waals surface area contributed by atoms with Gasteiger partial charge >= 0.3 is 6.18 Å². The zero-order valence-corrected chi connectivity index (χ0v) is 17.9. The van der Waals surface area contributed by atoms with Crippen molar-refractivity contribution in [3.63, 3.8) is 0 Å². The Bertz CT molecular complexity index is 1040. The molecular formula is C23H24F3N3O4. The number of aromatic nitrogens is 1. The van der Waals surface area contributed by atoms with Gasteiger partial charge < -0.3 is 10.4 Å². The number of carbonyl (C=O) groups is 3. The topological polar surface area (TPSA) is 99.6 Å². The van der Waals surface area contributed by atoms with Crippen LogP contribution < -0.4 is 10.2 Å². The summed E-state index contributed by atoms with van der Waals surface area (Å²) in [5.41, 5.74) is 1.99. The van der Waals surface area contributed by atoms with Crippen molar-refractivity contribution >= 4 is 23.4 Å². The first-order valence-electron chi connectivity index (χ1n) is 10.5. The molecule has 2 N–H and O–H groups in total. The van der Waals surface area contributed by atoms with Gasteiger partial charge in [0.25, 0.3) is 0 Å². The third kappa shape index (κ3) is 5.75. The maximum Gasteiger partial charge on any atom is 0.389 e. The van der Waals surface area contributed by atoms with Crippen LogP contribution in [0.2, 0.25) is 0 Å². The van der Waals surface area contributed by atoms with Crippen LogP contribution in [-0.4, -0.2) is 53.1 Å². The number of nitrogens with zero attached hydrogens (tertiary/aromatic N) is 2. The standard InChI is InChI=1S/C23H24F3N3O4/c1-14(28-20(32)8-9-23(24,25)26)19(31)13-18-16-6-3-2-5-15(16)17-7-4-10-27-21(17)29(11-12-30)22(18)33/h2-7,10,14,18,30H,8-9,11-13H2,1H3,(H,28,32)/t14-,18+/m1/s1. The van der Waals surface area contributed by atoms with E-state index in [9.17, 15) is 32.7 Å². The second kappa shape index (κ2) is 10.1. The van der Waals surface area contributed by atoms with Gasteiger partial charge in [-0.3, -0.25) is 19.3 Å². The summed E-state index contributed by atoms with van der Waals surface area (Å²) >= 11 is 0. The van der Waals surface area contributed by atoms with Crippen molar-refractivity contribution in [1.82, 2.24) is 10.3 Å². The van der Waals surface area contributed by atoms with Crippen molar-refractivity contribution < 1.29 is 32.7 Å². The van der Waals surface area contributed by atoms with Gasteiger partial charge in [-0.25, -0.2) is 4.98 Å². The Balaban J connectivity index is 1.85. The van der Waals surface area contributed by atoms with Crippen molar-refractivity contribution in [3.8, 4) is 11.1 Å². The van der Waals surface area contributed by atoms with Crippen LogP contribution in [0.25, 0.3) is 11.1 Å². The number of benzene rings is 1. The molecule has 0 fully saturated rings. The molecule has 2 atom stereocenters. The first-order chi connectivity index (χ1) is 15.6. The van der Waals surface area contributed by atoms with Gasteiger partial charge in [0.05, 0.1) is 31.5 Å². The molecular weight excluding hydrogens is 439 g/mol. The highest BCUT2D eigenvalue weighted by atomic mass is 19.4. The molecule has 10 heteroatoms. The minimum atomic E-state index is -4.47. The number of anilines is 1. The summed E-state index contributed by atoms with van der Waals surface area (Å²) in [6.07, 6.45) is -5.27. The summed E-state index contributed by atoms with van der Waals surface area (Å²) < 4.78 is 37.0. The van der Waals surface area contributed by atoms with Crippen LogP contribution in [0, 0.1) is 0 Å². The van der Waals surface area contributed by atoms with Gasteiger partial charge in [0.15, 0.2) is 5.78 Å². The van der Waals surface area contributed by atoms with Gasteiger partial charge in [-0.1, -0.05) is 24.3 Å². The monoisotopic (exact) mass is 463 g/mol. The summed E-state index contributed by atoms with van der Waals surface area (Å²) in [6, 6.07) is 9.53. The number of hydrogen-bond donors (Lipinski definition) is 2. The Morgan fingerprint density at radius 3 is 2.58 bits per heavy atom. The summed E-state index contributed by atoms with van der Waals surface area (Å²) in [5.74, 6) is -2.36. The number of pyridine rings is 1. The van der Waals surface area contributed by atoms with E-state index in [1.54, 1.807) is 30.3 Å². The largest absolute Gasteiger partial charge is 0.395 e. The molecule has 33 heavy (non-hydrogen) atoms. The lowest BCUT2D eigenvalue weighted by atomic mass is 9.87. The Kier molecular flexibility index (Phi) is 7.47. The molecule has 0 saturated carbocycles. The Morgan fingerprint density at radius 2 is 1.88 bits per heavy atom. The third-order valence-electron chi connectivity index (χ3n) is 5.46. The highest BCUT2D eigenvalue weighted by Gasteiger charge is 2.36. The van der Waals surface area contributed by atoms with E-state index in [0.29, 0.717) is 22.5 Å². The van der Waals surface area contributed by atoms with Crippen LogP contribution in [0.3, 0.4) is 0 Å². The number of halogens is 3. The van der Waals surface area contributed by atoms with E-state index < -0.39 is 48.6 Å². The molecule has 176 valence electrons. The zero-order valence-electron chi connectivity index (χ0n) is 17.9. The molecule has 7 nitrogen and oxygen atoms in total. The number of fused-ring (bicyclic) bond motifs is 3. The third-order valence-corrected chi connectivity index (χ3v) is 5.46. The number of alkyl halides is 3. The SMILES string of the molecule is C[C@@H](NC(=O)CCC(F)(F)F)C(=O)C[C@@H]1C(=O)N(CCO)c2ncccc2-c2ccccc21. The number of Topliss-reactive ketones (excluding diaryl/α,β-unsaturated/α-hetero) is 1. The number of nitrogens with one attached hydrogen (secondary N) is 1. The number of β-amino-alcohol motifs (C(OH)–C–C–N with tert-alkyl or cyclic N) is 1. The van der Waals surface area contributed by atoms with E-state index >= 15 is 0 Å². The smallest absolute Gasteiger partial charge is 0.389 e. The maximum atomic E-state index is 13.5.